The Morgan fingerprint density at radius 3 is 2.93 bits per heavy atom. The monoisotopic (exact) mass is 209 g/mol. The summed E-state index contributed by atoms with van der Waals surface area (Å²) in [6, 6.07) is 0.625. The van der Waals surface area contributed by atoms with Gasteiger partial charge in [-0.05, 0) is 33.2 Å². The molecule has 0 amide bonds. The summed E-state index contributed by atoms with van der Waals surface area (Å²) in [4.78, 5) is 4.37. The molecule has 1 aromatic heterocycles. The second kappa shape index (κ2) is 6.62. The third-order valence-corrected chi connectivity index (χ3v) is 2.73. The third-order valence-electron chi connectivity index (χ3n) is 2.73. The van der Waals surface area contributed by atoms with E-state index in [1.807, 2.05) is 6.20 Å². The Labute approximate surface area is 92.9 Å². The molecule has 1 rings (SSSR count). The predicted octanol–water partition coefficient (Wildman–Crippen LogP) is 2.22. The smallest absolute Gasteiger partial charge is 0.108 e. The van der Waals surface area contributed by atoms with E-state index in [2.05, 4.69) is 41.8 Å². The number of aromatic nitrogens is 2. The molecular formula is C12H23N3. The molecule has 1 unspecified atom stereocenters. The first kappa shape index (κ1) is 12.2. The molecule has 0 radical (unpaired) electrons. The minimum absolute atomic E-state index is 0.625. The molecule has 3 nitrogen and oxygen atoms in total. The van der Waals surface area contributed by atoms with Crippen LogP contribution >= 0.6 is 0 Å². The molecule has 1 N–H and O–H groups in total. The Morgan fingerprint density at radius 2 is 2.27 bits per heavy atom. The predicted molar refractivity (Wildman–Crippen MR) is 64.0 cm³/mol. The maximum atomic E-state index is 4.37. The number of aryl methyl sites for hydroxylation is 2. The molecule has 15 heavy (non-hydrogen) atoms. The summed E-state index contributed by atoms with van der Waals surface area (Å²) < 4.78 is 2.22. The van der Waals surface area contributed by atoms with Crippen LogP contribution in [-0.2, 0) is 13.0 Å². The van der Waals surface area contributed by atoms with E-state index in [9.17, 15) is 0 Å². The van der Waals surface area contributed by atoms with Gasteiger partial charge >= 0.3 is 0 Å². The minimum Gasteiger partial charge on any atom is -0.335 e. The lowest BCUT2D eigenvalue weighted by molar-refractivity contribution is 0.505. The Kier molecular flexibility index (Phi) is 5.40. The van der Waals surface area contributed by atoms with Crippen LogP contribution in [0.3, 0.4) is 0 Å². The number of nitrogens with one attached hydrogen (secondary N) is 1. The summed E-state index contributed by atoms with van der Waals surface area (Å²) in [6.45, 7) is 8.64. The molecular weight excluding hydrogens is 186 g/mol. The maximum Gasteiger partial charge on any atom is 0.108 e. The van der Waals surface area contributed by atoms with Crippen LogP contribution in [-0.4, -0.2) is 22.1 Å². The van der Waals surface area contributed by atoms with Crippen molar-refractivity contribution in [1.29, 1.82) is 0 Å². The van der Waals surface area contributed by atoms with Gasteiger partial charge in [-0.25, -0.2) is 4.98 Å². The Hall–Kier alpha value is -0.830. The van der Waals surface area contributed by atoms with E-state index >= 15 is 0 Å². The first-order valence-electron chi connectivity index (χ1n) is 6.01. The van der Waals surface area contributed by atoms with Crippen molar-refractivity contribution in [3.63, 3.8) is 0 Å². The van der Waals surface area contributed by atoms with Gasteiger partial charge in [0.25, 0.3) is 0 Å². The summed E-state index contributed by atoms with van der Waals surface area (Å²) in [5.74, 6) is 1.22. The van der Waals surface area contributed by atoms with Gasteiger partial charge in [0, 0.05) is 31.4 Å². The van der Waals surface area contributed by atoms with E-state index in [-0.39, 0.29) is 0 Å². The second-order valence-corrected chi connectivity index (χ2v) is 3.98. The maximum absolute atomic E-state index is 4.37. The Morgan fingerprint density at radius 1 is 1.47 bits per heavy atom. The fourth-order valence-corrected chi connectivity index (χ4v) is 1.87. The molecule has 0 spiro atoms. The molecule has 0 aromatic carbocycles. The van der Waals surface area contributed by atoms with E-state index in [1.54, 1.807) is 0 Å². The number of imidazole rings is 1. The quantitative estimate of drug-likeness (QED) is 0.746. The highest BCUT2D eigenvalue weighted by Gasteiger charge is 2.03. The van der Waals surface area contributed by atoms with Gasteiger partial charge in [0.05, 0.1) is 0 Å². The summed E-state index contributed by atoms with van der Waals surface area (Å²) in [7, 11) is 0. The molecule has 1 aromatic rings. The first-order valence-corrected chi connectivity index (χ1v) is 6.01. The molecule has 0 aliphatic heterocycles. The van der Waals surface area contributed by atoms with Crippen molar-refractivity contribution in [3.05, 3.63) is 18.2 Å². The molecule has 0 saturated carbocycles. The molecule has 0 fully saturated rings. The molecule has 86 valence electrons. The van der Waals surface area contributed by atoms with Gasteiger partial charge in [-0.15, -0.1) is 0 Å². The van der Waals surface area contributed by atoms with Gasteiger partial charge in [-0.1, -0.05) is 6.92 Å². The lowest BCUT2D eigenvalue weighted by Gasteiger charge is -2.11. The van der Waals surface area contributed by atoms with Crippen LogP contribution in [0.5, 0.6) is 0 Å². The summed E-state index contributed by atoms with van der Waals surface area (Å²) >= 11 is 0. The van der Waals surface area contributed by atoms with Crippen LogP contribution < -0.4 is 5.32 Å². The molecule has 0 saturated heterocycles. The van der Waals surface area contributed by atoms with Gasteiger partial charge < -0.3 is 9.88 Å². The van der Waals surface area contributed by atoms with Crippen LogP contribution in [0, 0.1) is 0 Å². The number of hydrogen-bond acceptors (Lipinski definition) is 2. The molecule has 1 heterocycles. The summed E-state index contributed by atoms with van der Waals surface area (Å²) in [6.07, 6.45) is 7.49. The van der Waals surface area contributed by atoms with Gasteiger partial charge in [-0.2, -0.15) is 0 Å². The van der Waals surface area contributed by atoms with Crippen LogP contribution in [0.15, 0.2) is 12.4 Å². The van der Waals surface area contributed by atoms with E-state index < -0.39 is 0 Å². The van der Waals surface area contributed by atoms with Gasteiger partial charge in [0.1, 0.15) is 5.82 Å². The highest BCUT2D eigenvalue weighted by atomic mass is 15.0. The van der Waals surface area contributed by atoms with Crippen molar-refractivity contribution < 1.29 is 0 Å². The number of rotatable bonds is 7. The van der Waals surface area contributed by atoms with Crippen molar-refractivity contribution in [1.82, 2.24) is 14.9 Å². The van der Waals surface area contributed by atoms with Crippen molar-refractivity contribution in [2.45, 2.75) is 52.6 Å². The standard InChI is InChI=1S/C12H23N3/c1-4-13-11(3)7-6-8-12-14-9-10-15(12)5-2/h9-11,13H,4-8H2,1-3H3. The minimum atomic E-state index is 0.625. The molecule has 0 aliphatic carbocycles. The molecule has 1 atom stereocenters. The Bertz CT molecular complexity index is 268. The van der Waals surface area contributed by atoms with Crippen molar-refractivity contribution in [2.75, 3.05) is 6.54 Å². The van der Waals surface area contributed by atoms with E-state index in [0.717, 1.165) is 19.5 Å². The van der Waals surface area contributed by atoms with Gasteiger partial charge in [0.2, 0.25) is 0 Å². The number of nitrogens with zero attached hydrogens (tertiary/aromatic N) is 2. The zero-order valence-corrected chi connectivity index (χ0v) is 10.2. The highest BCUT2D eigenvalue weighted by molar-refractivity contribution is 4.92. The fourth-order valence-electron chi connectivity index (χ4n) is 1.87. The molecule has 3 heteroatoms. The first-order chi connectivity index (χ1) is 7.27. The largest absolute Gasteiger partial charge is 0.335 e. The van der Waals surface area contributed by atoms with Crippen molar-refractivity contribution in [2.24, 2.45) is 0 Å². The average Bonchev–Trinajstić information content (AvgIpc) is 2.66. The van der Waals surface area contributed by atoms with E-state index in [4.69, 9.17) is 0 Å². The van der Waals surface area contributed by atoms with Crippen LogP contribution in [0.25, 0.3) is 0 Å². The summed E-state index contributed by atoms with van der Waals surface area (Å²) in [5.41, 5.74) is 0. The fraction of sp³-hybridized carbons (Fsp3) is 0.750. The third kappa shape index (κ3) is 4.04. The van der Waals surface area contributed by atoms with Crippen molar-refractivity contribution in [3.8, 4) is 0 Å². The normalized spacial score (nSPS) is 13.0. The zero-order chi connectivity index (χ0) is 11.1. The topological polar surface area (TPSA) is 29.9 Å². The average molecular weight is 209 g/mol. The molecule has 0 bridgehead atoms. The second-order valence-electron chi connectivity index (χ2n) is 3.98. The summed E-state index contributed by atoms with van der Waals surface area (Å²) in [5, 5.41) is 3.43. The lowest BCUT2D eigenvalue weighted by Crippen LogP contribution is -2.25. The highest BCUT2D eigenvalue weighted by Crippen LogP contribution is 2.05. The van der Waals surface area contributed by atoms with Crippen LogP contribution in [0.2, 0.25) is 0 Å². The zero-order valence-electron chi connectivity index (χ0n) is 10.2. The van der Waals surface area contributed by atoms with E-state index in [0.29, 0.717) is 6.04 Å². The van der Waals surface area contributed by atoms with Crippen LogP contribution in [0.1, 0.15) is 39.4 Å². The van der Waals surface area contributed by atoms with Gasteiger partial charge in [-0.3, -0.25) is 0 Å². The lowest BCUT2D eigenvalue weighted by atomic mass is 10.1. The SMILES string of the molecule is CCNC(C)CCCc1nccn1CC. The van der Waals surface area contributed by atoms with E-state index in [1.165, 1.54) is 18.7 Å². The van der Waals surface area contributed by atoms with Crippen molar-refractivity contribution >= 4 is 0 Å². The van der Waals surface area contributed by atoms with Gasteiger partial charge in [0.15, 0.2) is 0 Å². The molecule has 0 aliphatic rings. The van der Waals surface area contributed by atoms with Crippen LogP contribution in [0.4, 0.5) is 0 Å². The number of hydrogen-bond donors (Lipinski definition) is 1. The Balaban J connectivity index is 2.25.